The molecule has 0 spiro atoms. The Kier molecular flexibility index (Phi) is 8.23. The van der Waals surface area contributed by atoms with Gasteiger partial charge in [-0.05, 0) is 97.2 Å². The minimum atomic E-state index is -0.767. The third-order valence-electron chi connectivity index (χ3n) is 10.9. The van der Waals surface area contributed by atoms with Crippen molar-refractivity contribution in [2.75, 3.05) is 0 Å². The Balaban J connectivity index is 0.00000193. The molecule has 4 aliphatic rings. The van der Waals surface area contributed by atoms with Gasteiger partial charge in [-0.15, -0.1) is 0 Å². The van der Waals surface area contributed by atoms with E-state index >= 15 is 0 Å². The van der Waals surface area contributed by atoms with Crippen LogP contribution in [0.1, 0.15) is 86.9 Å². The Hall–Kier alpha value is 0.350. The number of carboxylic acid groups (broad SMARTS) is 1. The molecular weight excluding hydrogens is 415 g/mol. The molecule has 0 aliphatic heterocycles. The van der Waals surface area contributed by atoms with Crippen LogP contribution in [0.4, 0.5) is 0 Å². The van der Waals surface area contributed by atoms with Crippen molar-refractivity contribution >= 4 is 5.97 Å². The zero-order valence-electron chi connectivity index (χ0n) is 21.8. The van der Waals surface area contributed by atoms with E-state index in [0.29, 0.717) is 18.3 Å². The molecule has 6 heteroatoms. The van der Waals surface area contributed by atoms with Gasteiger partial charge in [0.05, 0.1) is 18.3 Å². The molecule has 0 aromatic heterocycles. The van der Waals surface area contributed by atoms with Crippen molar-refractivity contribution in [3.63, 3.8) is 0 Å². The van der Waals surface area contributed by atoms with E-state index in [2.05, 4.69) is 27.7 Å². The number of rotatable bonds is 5. The molecule has 4 aliphatic carbocycles. The summed E-state index contributed by atoms with van der Waals surface area (Å²) in [5.74, 6) is 1.01. The van der Waals surface area contributed by atoms with Gasteiger partial charge in [-0.3, -0.25) is 4.79 Å². The van der Waals surface area contributed by atoms with Crippen molar-refractivity contribution in [2.45, 2.75) is 104 Å². The Morgan fingerprint density at radius 1 is 1.03 bits per heavy atom. The molecule has 0 radical (unpaired) electrons. The predicted molar refractivity (Wildman–Crippen MR) is 120 cm³/mol. The molecule has 180 valence electrons. The van der Waals surface area contributed by atoms with Crippen molar-refractivity contribution in [1.82, 2.24) is 0 Å². The SMILES string of the molecule is CC[C@H]1[C@@H](O)[C@@H]2[C@H](CC[C@]3(C)[C@@H]([C@H](C)CCC(=O)O)[C@@H](O)C[C@@H]23)[C@@]2(C)CC[C@@H](O)C[C@@H]12.[H-].[Na+]. The van der Waals surface area contributed by atoms with Crippen LogP contribution in [0.15, 0.2) is 0 Å². The molecule has 4 rings (SSSR count). The maximum atomic E-state index is 11.7. The first-order valence-corrected chi connectivity index (χ1v) is 12.8. The average Bonchev–Trinajstić information content (AvgIpc) is 2.98. The number of carbonyl (C=O) groups is 1. The quantitative estimate of drug-likeness (QED) is 0.462. The van der Waals surface area contributed by atoms with E-state index in [-0.39, 0.29) is 90.0 Å². The first kappa shape index (κ1) is 26.9. The summed E-state index contributed by atoms with van der Waals surface area (Å²) in [5.41, 5.74) is 0.109. The maximum absolute atomic E-state index is 11.7. The van der Waals surface area contributed by atoms with Gasteiger partial charge < -0.3 is 21.9 Å². The molecule has 4 fully saturated rings. The summed E-state index contributed by atoms with van der Waals surface area (Å²) in [4.78, 5) is 11.1. The number of hydrogen-bond acceptors (Lipinski definition) is 4. The van der Waals surface area contributed by atoms with E-state index in [4.69, 9.17) is 5.11 Å². The van der Waals surface area contributed by atoms with Crippen LogP contribution in [0.3, 0.4) is 0 Å². The summed E-state index contributed by atoms with van der Waals surface area (Å²) in [6.45, 7) is 9.04. The molecule has 0 heterocycles. The molecule has 12 atom stereocenters. The second-order valence-corrected chi connectivity index (χ2v) is 12.2. The fourth-order valence-electron chi connectivity index (χ4n) is 9.57. The van der Waals surface area contributed by atoms with Crippen LogP contribution < -0.4 is 29.6 Å². The van der Waals surface area contributed by atoms with Gasteiger partial charge in [-0.2, -0.15) is 0 Å². The second kappa shape index (κ2) is 9.78. The van der Waals surface area contributed by atoms with Gasteiger partial charge in [0.1, 0.15) is 0 Å². The second-order valence-electron chi connectivity index (χ2n) is 12.2. The molecule has 4 saturated carbocycles. The van der Waals surface area contributed by atoms with Gasteiger partial charge in [0, 0.05) is 6.42 Å². The number of carboxylic acids is 1. The van der Waals surface area contributed by atoms with Crippen LogP contribution in [-0.4, -0.2) is 44.7 Å². The predicted octanol–water partition coefficient (Wildman–Crippen LogP) is 1.20. The van der Waals surface area contributed by atoms with E-state index in [9.17, 15) is 20.1 Å². The number of fused-ring (bicyclic) bond motifs is 5. The largest absolute Gasteiger partial charge is 1.00 e. The van der Waals surface area contributed by atoms with E-state index in [0.717, 1.165) is 44.9 Å². The van der Waals surface area contributed by atoms with Gasteiger partial charge in [0.2, 0.25) is 0 Å². The van der Waals surface area contributed by atoms with Crippen molar-refractivity contribution in [2.24, 2.45) is 52.3 Å². The first-order chi connectivity index (χ1) is 14.5. The summed E-state index contributed by atoms with van der Waals surface area (Å²) in [7, 11) is 0. The molecule has 0 saturated heterocycles. The molecule has 0 unspecified atom stereocenters. The standard InChI is InChI=1S/C26H44O5.Na.H/c1-5-16-18-12-15(27)8-10-25(18,3)17-9-11-26(4)19(22(17)24(16)31)13-20(28)23(26)14(2)6-7-21(29)30;;/h14-20,22-24,27-28,31H,5-13H2,1-4H3,(H,29,30);;/q;+1;-1/t14-,15-,16-,17+,18+,19+,20+,22-,23+,24-,25-,26+;;/m1../s1. The number of aliphatic hydroxyl groups is 3. The van der Waals surface area contributed by atoms with E-state index in [1.54, 1.807) is 0 Å². The summed E-state index contributed by atoms with van der Waals surface area (Å²) in [6.07, 6.45) is 6.23. The maximum Gasteiger partial charge on any atom is 1.00 e. The molecule has 5 nitrogen and oxygen atoms in total. The van der Waals surface area contributed by atoms with Gasteiger partial charge >= 0.3 is 35.5 Å². The molecular formula is C26H45NaO5. The molecule has 0 bridgehead atoms. The molecule has 0 amide bonds. The minimum Gasteiger partial charge on any atom is -1.00 e. The number of aliphatic hydroxyl groups excluding tert-OH is 3. The van der Waals surface area contributed by atoms with Crippen LogP contribution in [0.5, 0.6) is 0 Å². The molecule has 0 aromatic carbocycles. The molecule has 4 N–H and O–H groups in total. The third-order valence-corrected chi connectivity index (χ3v) is 10.9. The first-order valence-electron chi connectivity index (χ1n) is 12.8. The van der Waals surface area contributed by atoms with Gasteiger partial charge in [0.25, 0.3) is 0 Å². The zero-order chi connectivity index (χ0) is 22.7. The van der Waals surface area contributed by atoms with Crippen molar-refractivity contribution < 1.29 is 56.2 Å². The zero-order valence-corrected chi connectivity index (χ0v) is 22.8. The van der Waals surface area contributed by atoms with E-state index in [1.807, 2.05) is 0 Å². The van der Waals surface area contributed by atoms with Gasteiger partial charge in [-0.1, -0.05) is 34.1 Å². The van der Waals surface area contributed by atoms with Crippen LogP contribution in [-0.2, 0) is 4.79 Å². The Bertz CT molecular complexity index is 694. The summed E-state index contributed by atoms with van der Waals surface area (Å²) in [5, 5.41) is 42.5. The smallest absolute Gasteiger partial charge is 1.00 e. The fraction of sp³-hybridized carbons (Fsp3) is 0.962. The average molecular weight is 461 g/mol. The van der Waals surface area contributed by atoms with Crippen LogP contribution in [0.25, 0.3) is 0 Å². The normalized spacial score (nSPS) is 51.0. The summed E-state index contributed by atoms with van der Waals surface area (Å²) >= 11 is 0. The Labute approximate surface area is 217 Å². The number of hydrogen-bond donors (Lipinski definition) is 4. The van der Waals surface area contributed by atoms with E-state index in [1.165, 1.54) is 0 Å². The van der Waals surface area contributed by atoms with Gasteiger partial charge in [-0.25, -0.2) is 0 Å². The molecule has 32 heavy (non-hydrogen) atoms. The number of aliphatic carboxylic acids is 1. The monoisotopic (exact) mass is 460 g/mol. The van der Waals surface area contributed by atoms with Crippen LogP contribution in [0, 0.1) is 52.3 Å². The van der Waals surface area contributed by atoms with Crippen LogP contribution >= 0.6 is 0 Å². The van der Waals surface area contributed by atoms with Crippen LogP contribution in [0.2, 0.25) is 0 Å². The minimum absolute atomic E-state index is 0. The van der Waals surface area contributed by atoms with Crippen molar-refractivity contribution in [3.05, 3.63) is 0 Å². The fourth-order valence-corrected chi connectivity index (χ4v) is 9.57. The molecule has 0 aromatic rings. The topological polar surface area (TPSA) is 98.0 Å². The van der Waals surface area contributed by atoms with E-state index < -0.39 is 12.1 Å². The van der Waals surface area contributed by atoms with Gasteiger partial charge in [0.15, 0.2) is 0 Å². The Morgan fingerprint density at radius 2 is 1.69 bits per heavy atom. The summed E-state index contributed by atoms with van der Waals surface area (Å²) in [6, 6.07) is 0. The Morgan fingerprint density at radius 3 is 2.31 bits per heavy atom. The van der Waals surface area contributed by atoms with Crippen molar-refractivity contribution in [3.8, 4) is 0 Å². The summed E-state index contributed by atoms with van der Waals surface area (Å²) < 4.78 is 0. The van der Waals surface area contributed by atoms with Crippen molar-refractivity contribution in [1.29, 1.82) is 0 Å². The third kappa shape index (κ3) is 4.15.